The molecule has 1 unspecified atom stereocenters. The molecule has 0 amide bonds. The molecule has 1 aliphatic carbocycles. The molecule has 2 heteroatoms. The highest BCUT2D eigenvalue weighted by atomic mass is 16.3. The molecule has 0 heterocycles. The molecular formula is C22H21NO. The summed E-state index contributed by atoms with van der Waals surface area (Å²) in [6.07, 6.45) is 2.95. The Bertz CT molecular complexity index is 774. The summed E-state index contributed by atoms with van der Waals surface area (Å²) in [7, 11) is 0. The molecule has 120 valence electrons. The molecule has 0 saturated carbocycles. The van der Waals surface area contributed by atoms with Gasteiger partial charge in [0.1, 0.15) is 5.75 Å². The summed E-state index contributed by atoms with van der Waals surface area (Å²) in [4.78, 5) is 2.41. The van der Waals surface area contributed by atoms with Crippen molar-refractivity contribution in [3.8, 4) is 5.75 Å². The highest BCUT2D eigenvalue weighted by Crippen LogP contribution is 2.36. The van der Waals surface area contributed by atoms with Crippen LogP contribution in [0.5, 0.6) is 5.75 Å². The highest BCUT2D eigenvalue weighted by molar-refractivity contribution is 5.64. The van der Waals surface area contributed by atoms with Crippen LogP contribution in [0, 0.1) is 0 Å². The minimum absolute atomic E-state index is 0.343. The summed E-state index contributed by atoms with van der Waals surface area (Å²) < 4.78 is 0. The van der Waals surface area contributed by atoms with Crippen molar-refractivity contribution < 1.29 is 5.11 Å². The van der Waals surface area contributed by atoms with Crippen molar-refractivity contribution in [2.45, 2.75) is 25.3 Å². The standard InChI is InChI=1S/C22H21NO/c24-22-13-7-8-17-14-15-20(16-21(17)22)23(18-9-3-1-4-10-18)19-11-5-2-6-12-19/h1-13,20,24H,14-16H2. The number of benzene rings is 3. The third kappa shape index (κ3) is 2.76. The largest absolute Gasteiger partial charge is 0.508 e. The summed E-state index contributed by atoms with van der Waals surface area (Å²) in [5.74, 6) is 0.429. The van der Waals surface area contributed by atoms with Crippen molar-refractivity contribution in [2.75, 3.05) is 4.90 Å². The quantitative estimate of drug-likeness (QED) is 0.728. The Morgan fingerprint density at radius 3 is 2.00 bits per heavy atom. The maximum atomic E-state index is 10.3. The lowest BCUT2D eigenvalue weighted by molar-refractivity contribution is 0.454. The number of anilines is 2. The van der Waals surface area contributed by atoms with Crippen LogP contribution in [0.15, 0.2) is 78.9 Å². The zero-order chi connectivity index (χ0) is 16.4. The number of para-hydroxylation sites is 2. The van der Waals surface area contributed by atoms with Gasteiger partial charge in [0.25, 0.3) is 0 Å². The first-order valence-electron chi connectivity index (χ1n) is 8.52. The number of phenols is 1. The van der Waals surface area contributed by atoms with E-state index in [9.17, 15) is 5.11 Å². The van der Waals surface area contributed by atoms with Crippen molar-refractivity contribution in [2.24, 2.45) is 0 Å². The molecule has 0 aliphatic heterocycles. The molecule has 4 rings (SSSR count). The van der Waals surface area contributed by atoms with E-state index in [1.165, 1.54) is 16.9 Å². The van der Waals surface area contributed by atoms with Gasteiger partial charge >= 0.3 is 0 Å². The maximum absolute atomic E-state index is 10.3. The SMILES string of the molecule is Oc1cccc2c1CC(N(c1ccccc1)c1ccccc1)CC2. The molecule has 0 spiro atoms. The number of nitrogens with zero attached hydrogens (tertiary/aromatic N) is 1. The molecule has 24 heavy (non-hydrogen) atoms. The van der Waals surface area contributed by atoms with Gasteiger partial charge in [-0.05, 0) is 60.7 Å². The Kier molecular flexibility index (Phi) is 3.96. The van der Waals surface area contributed by atoms with Crippen molar-refractivity contribution >= 4 is 11.4 Å². The second-order valence-electron chi connectivity index (χ2n) is 6.35. The van der Waals surface area contributed by atoms with E-state index in [2.05, 4.69) is 71.6 Å². The lowest BCUT2D eigenvalue weighted by Gasteiger charge is -2.37. The molecular weight excluding hydrogens is 294 g/mol. The molecule has 0 fully saturated rings. The van der Waals surface area contributed by atoms with E-state index in [4.69, 9.17) is 0 Å². The van der Waals surface area contributed by atoms with Crippen molar-refractivity contribution in [3.63, 3.8) is 0 Å². The van der Waals surface area contributed by atoms with Crippen molar-refractivity contribution in [3.05, 3.63) is 90.0 Å². The van der Waals surface area contributed by atoms with Crippen molar-refractivity contribution in [1.29, 1.82) is 0 Å². The predicted octanol–water partition coefficient (Wildman–Crippen LogP) is 5.09. The fraction of sp³-hybridized carbons (Fsp3) is 0.182. The Morgan fingerprint density at radius 2 is 1.38 bits per heavy atom. The van der Waals surface area contributed by atoms with Gasteiger partial charge in [0.15, 0.2) is 0 Å². The van der Waals surface area contributed by atoms with Gasteiger partial charge in [0.2, 0.25) is 0 Å². The first kappa shape index (κ1) is 14.8. The fourth-order valence-corrected chi connectivity index (χ4v) is 3.72. The normalized spacial score (nSPS) is 16.4. The average molecular weight is 315 g/mol. The van der Waals surface area contributed by atoms with Crippen LogP contribution in [-0.2, 0) is 12.8 Å². The molecule has 1 N–H and O–H groups in total. The number of hydrogen-bond donors (Lipinski definition) is 1. The Labute approximate surface area is 143 Å². The Hall–Kier alpha value is -2.74. The molecule has 0 aromatic heterocycles. The number of hydrogen-bond acceptors (Lipinski definition) is 2. The topological polar surface area (TPSA) is 23.5 Å². The zero-order valence-corrected chi connectivity index (χ0v) is 13.6. The van der Waals surface area contributed by atoms with E-state index in [0.29, 0.717) is 11.8 Å². The maximum Gasteiger partial charge on any atom is 0.119 e. The summed E-state index contributed by atoms with van der Waals surface area (Å²) in [6, 6.07) is 27.3. The van der Waals surface area contributed by atoms with E-state index in [1.807, 2.05) is 6.07 Å². The van der Waals surface area contributed by atoms with Gasteiger partial charge in [0.05, 0.1) is 0 Å². The van der Waals surface area contributed by atoms with Crippen LogP contribution < -0.4 is 4.90 Å². The summed E-state index contributed by atoms with van der Waals surface area (Å²) in [6.45, 7) is 0. The van der Waals surface area contributed by atoms with Crippen LogP contribution >= 0.6 is 0 Å². The molecule has 3 aromatic rings. The zero-order valence-electron chi connectivity index (χ0n) is 13.6. The second kappa shape index (κ2) is 6.40. The van der Waals surface area contributed by atoms with Crippen LogP contribution in [0.2, 0.25) is 0 Å². The summed E-state index contributed by atoms with van der Waals surface area (Å²) in [5, 5.41) is 10.3. The van der Waals surface area contributed by atoms with E-state index in [-0.39, 0.29) is 0 Å². The molecule has 3 aromatic carbocycles. The van der Waals surface area contributed by atoms with Gasteiger partial charge < -0.3 is 10.0 Å². The lowest BCUT2D eigenvalue weighted by atomic mass is 9.86. The number of fused-ring (bicyclic) bond motifs is 1. The Balaban J connectivity index is 1.74. The third-order valence-corrected chi connectivity index (χ3v) is 4.87. The molecule has 1 aliphatic rings. The average Bonchev–Trinajstić information content (AvgIpc) is 2.64. The monoisotopic (exact) mass is 315 g/mol. The highest BCUT2D eigenvalue weighted by Gasteiger charge is 2.27. The number of aryl methyl sites for hydroxylation is 1. The number of rotatable bonds is 3. The first-order valence-corrected chi connectivity index (χ1v) is 8.52. The summed E-state index contributed by atoms with van der Waals surface area (Å²) >= 11 is 0. The smallest absolute Gasteiger partial charge is 0.119 e. The third-order valence-electron chi connectivity index (χ3n) is 4.87. The van der Waals surface area contributed by atoms with Gasteiger partial charge in [-0.25, -0.2) is 0 Å². The van der Waals surface area contributed by atoms with Crippen LogP contribution in [0.1, 0.15) is 17.5 Å². The lowest BCUT2D eigenvalue weighted by Crippen LogP contribution is -2.36. The molecule has 2 nitrogen and oxygen atoms in total. The van der Waals surface area contributed by atoms with Crippen LogP contribution in [-0.4, -0.2) is 11.1 Å². The van der Waals surface area contributed by atoms with Gasteiger partial charge in [-0.15, -0.1) is 0 Å². The predicted molar refractivity (Wildman–Crippen MR) is 98.9 cm³/mol. The van der Waals surface area contributed by atoms with Gasteiger partial charge in [0, 0.05) is 17.4 Å². The van der Waals surface area contributed by atoms with Gasteiger partial charge in [-0.1, -0.05) is 48.5 Å². The molecule has 0 bridgehead atoms. The van der Waals surface area contributed by atoms with Gasteiger partial charge in [-0.2, -0.15) is 0 Å². The van der Waals surface area contributed by atoms with Crippen LogP contribution in [0.25, 0.3) is 0 Å². The van der Waals surface area contributed by atoms with Crippen LogP contribution in [0.3, 0.4) is 0 Å². The number of aromatic hydroxyl groups is 1. The van der Waals surface area contributed by atoms with E-state index < -0.39 is 0 Å². The Morgan fingerprint density at radius 1 is 0.750 bits per heavy atom. The van der Waals surface area contributed by atoms with Gasteiger partial charge in [-0.3, -0.25) is 0 Å². The first-order chi connectivity index (χ1) is 11.8. The van der Waals surface area contributed by atoms with E-state index >= 15 is 0 Å². The van der Waals surface area contributed by atoms with Crippen molar-refractivity contribution in [1.82, 2.24) is 0 Å². The minimum Gasteiger partial charge on any atom is -0.508 e. The summed E-state index contributed by atoms with van der Waals surface area (Å²) in [5.41, 5.74) is 4.79. The van der Waals surface area contributed by atoms with E-state index in [1.54, 1.807) is 6.07 Å². The van der Waals surface area contributed by atoms with Crippen LogP contribution in [0.4, 0.5) is 11.4 Å². The number of phenolic OH excluding ortho intramolecular Hbond substituents is 1. The fourth-order valence-electron chi connectivity index (χ4n) is 3.72. The molecule has 1 atom stereocenters. The minimum atomic E-state index is 0.343. The van der Waals surface area contributed by atoms with E-state index in [0.717, 1.165) is 24.8 Å². The second-order valence-corrected chi connectivity index (χ2v) is 6.35. The molecule has 0 saturated heterocycles. The molecule has 0 radical (unpaired) electrons.